The van der Waals surface area contributed by atoms with Crippen LogP contribution in [0.4, 0.5) is 5.82 Å². The minimum Gasteiger partial charge on any atom is -0.383 e. The van der Waals surface area contributed by atoms with Gasteiger partial charge < -0.3 is 5.73 Å². The van der Waals surface area contributed by atoms with E-state index in [4.69, 9.17) is 5.73 Å². The molecule has 7 heteroatoms. The Bertz CT molecular complexity index is 857. The minimum atomic E-state index is -0.959. The fourth-order valence-corrected chi connectivity index (χ4v) is 3.32. The van der Waals surface area contributed by atoms with Gasteiger partial charge in [0, 0.05) is 10.6 Å². The number of hydrogen-bond acceptors (Lipinski definition) is 5. The molecule has 120 valence electrons. The van der Waals surface area contributed by atoms with Crippen LogP contribution in [0.25, 0.3) is 16.7 Å². The first-order valence-corrected chi connectivity index (χ1v) is 8.94. The fourth-order valence-electron chi connectivity index (χ4n) is 2.54. The summed E-state index contributed by atoms with van der Waals surface area (Å²) in [5, 5.41) is 5.48. The maximum absolute atomic E-state index is 11.9. The number of hydrogen-bond donors (Lipinski definition) is 1. The van der Waals surface area contributed by atoms with E-state index in [-0.39, 0.29) is 0 Å². The zero-order valence-corrected chi connectivity index (χ0v) is 14.0. The second-order valence-corrected chi connectivity index (χ2v) is 6.93. The third-order valence-corrected chi connectivity index (χ3v) is 4.98. The van der Waals surface area contributed by atoms with Gasteiger partial charge in [0.2, 0.25) is 0 Å². The first-order valence-electron chi connectivity index (χ1n) is 7.62. The summed E-state index contributed by atoms with van der Waals surface area (Å²) >= 11 is 0. The molecule has 0 spiro atoms. The van der Waals surface area contributed by atoms with E-state index in [1.54, 1.807) is 4.68 Å². The molecule has 0 fully saturated rings. The van der Waals surface area contributed by atoms with Crippen molar-refractivity contribution in [3.05, 3.63) is 36.3 Å². The van der Waals surface area contributed by atoms with Crippen molar-refractivity contribution < 1.29 is 4.21 Å². The Morgan fingerprint density at radius 3 is 2.57 bits per heavy atom. The molecule has 6 nitrogen and oxygen atoms in total. The standard InChI is InChI=1S/C16H19N5OS/c1-3-5-13-14-15(17)18-10-19-16(14)21(20-13)11-6-8-12(9-7-11)23(22)4-2/h6-10H,3-5H2,1-2H3,(H2,17,18,19). The van der Waals surface area contributed by atoms with Crippen LogP contribution in [0.3, 0.4) is 0 Å². The van der Waals surface area contributed by atoms with Gasteiger partial charge in [-0.1, -0.05) is 20.3 Å². The van der Waals surface area contributed by atoms with Crippen LogP contribution in [0.2, 0.25) is 0 Å². The van der Waals surface area contributed by atoms with Gasteiger partial charge in [-0.2, -0.15) is 5.10 Å². The van der Waals surface area contributed by atoms with Crippen molar-refractivity contribution in [3.8, 4) is 5.69 Å². The number of aromatic nitrogens is 4. The molecule has 0 aliphatic carbocycles. The molecule has 3 aromatic rings. The second kappa shape index (κ2) is 6.45. The predicted molar refractivity (Wildman–Crippen MR) is 92.0 cm³/mol. The molecule has 0 amide bonds. The molecule has 2 N–H and O–H groups in total. The van der Waals surface area contributed by atoms with Gasteiger partial charge in [0.1, 0.15) is 12.1 Å². The lowest BCUT2D eigenvalue weighted by atomic mass is 10.2. The van der Waals surface area contributed by atoms with Crippen molar-refractivity contribution in [1.82, 2.24) is 19.7 Å². The van der Waals surface area contributed by atoms with E-state index in [2.05, 4.69) is 22.0 Å². The Kier molecular flexibility index (Phi) is 4.38. The first-order chi connectivity index (χ1) is 11.2. The van der Waals surface area contributed by atoms with E-state index in [1.807, 2.05) is 31.2 Å². The van der Waals surface area contributed by atoms with Gasteiger partial charge in [-0.15, -0.1) is 0 Å². The zero-order chi connectivity index (χ0) is 16.4. The average molecular weight is 329 g/mol. The molecule has 0 saturated carbocycles. The molecule has 3 rings (SSSR count). The number of aryl methyl sites for hydroxylation is 1. The predicted octanol–water partition coefficient (Wildman–Crippen LogP) is 2.48. The van der Waals surface area contributed by atoms with Crippen molar-refractivity contribution in [3.63, 3.8) is 0 Å². The quantitative estimate of drug-likeness (QED) is 0.777. The summed E-state index contributed by atoms with van der Waals surface area (Å²) in [7, 11) is -0.959. The lowest BCUT2D eigenvalue weighted by molar-refractivity contribution is 0.684. The first kappa shape index (κ1) is 15.6. The molecular formula is C16H19N5OS. The Labute approximate surface area is 137 Å². The largest absolute Gasteiger partial charge is 0.383 e. The maximum Gasteiger partial charge on any atom is 0.168 e. The smallest absolute Gasteiger partial charge is 0.168 e. The minimum absolute atomic E-state index is 0.452. The average Bonchev–Trinajstić information content (AvgIpc) is 2.95. The van der Waals surface area contributed by atoms with E-state index in [1.165, 1.54) is 6.33 Å². The Balaban J connectivity index is 2.13. The second-order valence-electron chi connectivity index (χ2n) is 5.19. The van der Waals surface area contributed by atoms with Gasteiger partial charge in [-0.25, -0.2) is 14.6 Å². The van der Waals surface area contributed by atoms with Crippen LogP contribution in [0, 0.1) is 0 Å². The Hall–Kier alpha value is -2.28. The summed E-state index contributed by atoms with van der Waals surface area (Å²) < 4.78 is 13.6. The molecule has 1 aromatic carbocycles. The van der Waals surface area contributed by atoms with Gasteiger partial charge in [0.05, 0.1) is 27.6 Å². The van der Waals surface area contributed by atoms with Crippen LogP contribution < -0.4 is 5.73 Å². The van der Waals surface area contributed by atoms with Crippen LogP contribution >= 0.6 is 0 Å². The fraction of sp³-hybridized carbons (Fsp3) is 0.312. The van der Waals surface area contributed by atoms with Crippen molar-refractivity contribution in [1.29, 1.82) is 0 Å². The third-order valence-electron chi connectivity index (χ3n) is 3.66. The highest BCUT2D eigenvalue weighted by atomic mass is 32.2. The summed E-state index contributed by atoms with van der Waals surface area (Å²) in [6, 6.07) is 7.55. The molecule has 0 aliphatic heterocycles. The van der Waals surface area contributed by atoms with E-state index in [0.29, 0.717) is 17.2 Å². The SMILES string of the molecule is CCCc1nn(-c2ccc(S(=O)CC)cc2)c2ncnc(N)c12. The molecule has 0 saturated heterocycles. The number of rotatable bonds is 5. The van der Waals surface area contributed by atoms with Crippen molar-refractivity contribution in [2.24, 2.45) is 0 Å². The van der Waals surface area contributed by atoms with Crippen molar-refractivity contribution >= 4 is 27.7 Å². The molecule has 1 unspecified atom stereocenters. The molecule has 2 aromatic heterocycles. The highest BCUT2D eigenvalue weighted by molar-refractivity contribution is 7.85. The Morgan fingerprint density at radius 2 is 1.91 bits per heavy atom. The lowest BCUT2D eigenvalue weighted by Crippen LogP contribution is -2.00. The number of nitrogens with zero attached hydrogens (tertiary/aromatic N) is 4. The lowest BCUT2D eigenvalue weighted by Gasteiger charge is -2.04. The monoisotopic (exact) mass is 329 g/mol. The summed E-state index contributed by atoms with van der Waals surface area (Å²) in [5.74, 6) is 1.06. The van der Waals surface area contributed by atoms with Crippen LogP contribution in [-0.2, 0) is 17.2 Å². The van der Waals surface area contributed by atoms with Gasteiger partial charge >= 0.3 is 0 Å². The van der Waals surface area contributed by atoms with Crippen molar-refractivity contribution in [2.75, 3.05) is 11.5 Å². The molecule has 1 atom stereocenters. The van der Waals surface area contributed by atoms with Crippen LogP contribution in [0.1, 0.15) is 26.0 Å². The van der Waals surface area contributed by atoms with Gasteiger partial charge in [0.25, 0.3) is 0 Å². The van der Waals surface area contributed by atoms with Crippen LogP contribution in [-0.4, -0.2) is 29.7 Å². The topological polar surface area (TPSA) is 86.7 Å². The summed E-state index contributed by atoms with van der Waals surface area (Å²) in [5.41, 5.74) is 8.49. The summed E-state index contributed by atoms with van der Waals surface area (Å²) in [4.78, 5) is 9.24. The molecular weight excluding hydrogens is 310 g/mol. The van der Waals surface area contributed by atoms with Gasteiger partial charge in [-0.3, -0.25) is 4.21 Å². The van der Waals surface area contributed by atoms with Crippen molar-refractivity contribution in [2.45, 2.75) is 31.6 Å². The van der Waals surface area contributed by atoms with E-state index >= 15 is 0 Å². The maximum atomic E-state index is 11.9. The number of benzene rings is 1. The number of nitrogens with two attached hydrogens (primary N) is 1. The Morgan fingerprint density at radius 1 is 1.17 bits per heavy atom. The molecule has 23 heavy (non-hydrogen) atoms. The zero-order valence-electron chi connectivity index (χ0n) is 13.2. The number of nitrogen functional groups attached to an aromatic ring is 1. The molecule has 0 aliphatic rings. The highest BCUT2D eigenvalue weighted by Gasteiger charge is 2.16. The van der Waals surface area contributed by atoms with Crippen LogP contribution in [0.5, 0.6) is 0 Å². The number of fused-ring (bicyclic) bond motifs is 1. The third kappa shape index (κ3) is 2.84. The normalized spacial score (nSPS) is 12.6. The molecule has 0 radical (unpaired) electrons. The van der Waals surface area contributed by atoms with Gasteiger partial charge in [-0.05, 0) is 30.7 Å². The molecule has 2 heterocycles. The van der Waals surface area contributed by atoms with E-state index in [0.717, 1.165) is 34.5 Å². The van der Waals surface area contributed by atoms with Crippen LogP contribution in [0.15, 0.2) is 35.5 Å². The van der Waals surface area contributed by atoms with Gasteiger partial charge in [0.15, 0.2) is 5.65 Å². The van der Waals surface area contributed by atoms with E-state index < -0.39 is 10.8 Å². The summed E-state index contributed by atoms with van der Waals surface area (Å²) in [6.07, 6.45) is 3.24. The van der Waals surface area contributed by atoms with E-state index in [9.17, 15) is 4.21 Å². The highest BCUT2D eigenvalue weighted by Crippen LogP contribution is 2.25. The number of anilines is 1. The summed E-state index contributed by atoms with van der Waals surface area (Å²) in [6.45, 7) is 4.00. The molecule has 0 bridgehead atoms.